The summed E-state index contributed by atoms with van der Waals surface area (Å²) in [4.78, 5) is 18.9. The van der Waals surface area contributed by atoms with Gasteiger partial charge in [-0.2, -0.15) is 4.98 Å². The highest BCUT2D eigenvalue weighted by atomic mass is 35.5. The highest BCUT2D eigenvalue weighted by Crippen LogP contribution is 2.40. The Hall–Kier alpha value is -1.92. The van der Waals surface area contributed by atoms with E-state index in [1.165, 1.54) is 0 Å². The van der Waals surface area contributed by atoms with Crippen molar-refractivity contribution in [3.05, 3.63) is 46.6 Å². The Morgan fingerprint density at radius 3 is 2.71 bits per heavy atom. The molecule has 2 aliphatic rings. The third kappa shape index (κ3) is 2.91. The summed E-state index contributed by atoms with van der Waals surface area (Å²) < 4.78 is 5.40. The lowest BCUT2D eigenvalue weighted by Crippen LogP contribution is -2.29. The number of hydrogen-bond acceptors (Lipinski definition) is 5. The maximum absolute atomic E-state index is 12.7. The van der Waals surface area contributed by atoms with Gasteiger partial charge in [0.1, 0.15) is 0 Å². The van der Waals surface area contributed by atoms with Gasteiger partial charge in [-0.3, -0.25) is 4.79 Å². The summed E-state index contributed by atoms with van der Waals surface area (Å²) in [6.45, 7) is 0.930. The summed E-state index contributed by atoms with van der Waals surface area (Å²) >= 11 is 5.87. The van der Waals surface area contributed by atoms with Gasteiger partial charge in [-0.1, -0.05) is 16.8 Å². The molecule has 2 atom stereocenters. The number of carbonyl (C=O) groups excluding carboxylic acids is 1. The molecule has 1 saturated heterocycles. The van der Waals surface area contributed by atoms with Crippen molar-refractivity contribution in [2.24, 2.45) is 5.92 Å². The molecule has 2 fully saturated rings. The van der Waals surface area contributed by atoms with Crippen molar-refractivity contribution < 1.29 is 14.4 Å². The Morgan fingerprint density at radius 1 is 1.29 bits per heavy atom. The van der Waals surface area contributed by atoms with E-state index in [4.69, 9.17) is 16.1 Å². The van der Waals surface area contributed by atoms with Crippen molar-refractivity contribution in [3.63, 3.8) is 0 Å². The number of amides is 1. The van der Waals surface area contributed by atoms with Crippen molar-refractivity contribution in [1.82, 2.24) is 15.0 Å². The predicted octanol–water partition coefficient (Wildman–Crippen LogP) is 2.45. The van der Waals surface area contributed by atoms with Gasteiger partial charge in [0.25, 0.3) is 5.91 Å². The SMILES string of the molecule is O=C(c1ccc(Cl)cc1)N1C[C@@H](CO)[C@H](c2nc(C3CC3)no2)C1. The molecule has 6 nitrogen and oxygen atoms in total. The van der Waals surface area contributed by atoms with Crippen LogP contribution in [-0.4, -0.2) is 45.8 Å². The summed E-state index contributed by atoms with van der Waals surface area (Å²) in [5.41, 5.74) is 0.584. The molecule has 1 saturated carbocycles. The second-order valence-electron chi connectivity index (χ2n) is 6.53. The number of carbonyl (C=O) groups is 1. The van der Waals surface area contributed by atoms with E-state index in [-0.39, 0.29) is 24.3 Å². The summed E-state index contributed by atoms with van der Waals surface area (Å²) in [5, 5.41) is 14.3. The van der Waals surface area contributed by atoms with E-state index in [0.29, 0.717) is 35.5 Å². The fourth-order valence-electron chi connectivity index (χ4n) is 3.18. The number of hydrogen-bond donors (Lipinski definition) is 1. The Morgan fingerprint density at radius 2 is 2.04 bits per heavy atom. The summed E-state index contributed by atoms with van der Waals surface area (Å²) in [5.74, 6) is 1.42. The highest BCUT2D eigenvalue weighted by molar-refractivity contribution is 6.30. The number of nitrogens with zero attached hydrogens (tertiary/aromatic N) is 3. The Kier molecular flexibility index (Phi) is 4.02. The quantitative estimate of drug-likeness (QED) is 0.919. The normalized spacial score (nSPS) is 23.7. The van der Waals surface area contributed by atoms with Crippen LogP contribution in [0.5, 0.6) is 0 Å². The molecule has 24 heavy (non-hydrogen) atoms. The van der Waals surface area contributed by atoms with Gasteiger partial charge in [-0.05, 0) is 37.1 Å². The van der Waals surface area contributed by atoms with Crippen LogP contribution in [0.25, 0.3) is 0 Å². The molecule has 2 aromatic rings. The smallest absolute Gasteiger partial charge is 0.253 e. The molecule has 7 heteroatoms. The molecule has 1 aliphatic heterocycles. The molecule has 2 heterocycles. The molecule has 1 aromatic carbocycles. The van der Waals surface area contributed by atoms with Gasteiger partial charge < -0.3 is 14.5 Å². The molecular weight excluding hydrogens is 330 g/mol. The largest absolute Gasteiger partial charge is 0.396 e. The first-order valence-corrected chi connectivity index (χ1v) is 8.52. The van der Waals surface area contributed by atoms with E-state index in [9.17, 15) is 9.90 Å². The van der Waals surface area contributed by atoms with Crippen molar-refractivity contribution in [3.8, 4) is 0 Å². The van der Waals surface area contributed by atoms with Crippen molar-refractivity contribution in [2.75, 3.05) is 19.7 Å². The first-order valence-electron chi connectivity index (χ1n) is 8.15. The second kappa shape index (κ2) is 6.18. The fourth-order valence-corrected chi connectivity index (χ4v) is 3.31. The topological polar surface area (TPSA) is 79.5 Å². The Bertz CT molecular complexity index is 742. The van der Waals surface area contributed by atoms with Crippen LogP contribution in [-0.2, 0) is 0 Å². The van der Waals surface area contributed by atoms with Gasteiger partial charge >= 0.3 is 0 Å². The van der Waals surface area contributed by atoms with Gasteiger partial charge in [0.15, 0.2) is 5.82 Å². The minimum atomic E-state index is -0.119. The van der Waals surface area contributed by atoms with Gasteiger partial charge in [0, 0.05) is 42.1 Å². The van der Waals surface area contributed by atoms with Crippen LogP contribution in [0, 0.1) is 5.92 Å². The first-order chi connectivity index (χ1) is 11.7. The zero-order valence-corrected chi connectivity index (χ0v) is 13.8. The zero-order chi connectivity index (χ0) is 16.7. The van der Waals surface area contributed by atoms with E-state index in [0.717, 1.165) is 18.7 Å². The zero-order valence-electron chi connectivity index (χ0n) is 13.1. The van der Waals surface area contributed by atoms with Crippen molar-refractivity contribution in [2.45, 2.75) is 24.7 Å². The third-order valence-corrected chi connectivity index (χ3v) is 5.02. The van der Waals surface area contributed by atoms with Crippen LogP contribution in [0.1, 0.15) is 46.8 Å². The van der Waals surface area contributed by atoms with Crippen LogP contribution < -0.4 is 0 Å². The van der Waals surface area contributed by atoms with Gasteiger partial charge in [0.05, 0.1) is 5.92 Å². The number of aliphatic hydroxyl groups is 1. The third-order valence-electron chi connectivity index (χ3n) is 4.77. The van der Waals surface area contributed by atoms with E-state index in [2.05, 4.69) is 10.1 Å². The lowest BCUT2D eigenvalue weighted by Gasteiger charge is -2.16. The average Bonchev–Trinajstić information content (AvgIpc) is 3.18. The number of aliphatic hydroxyl groups excluding tert-OH is 1. The molecule has 1 amide bonds. The van der Waals surface area contributed by atoms with Gasteiger partial charge in [0.2, 0.25) is 5.89 Å². The highest BCUT2D eigenvalue weighted by Gasteiger charge is 2.40. The van der Waals surface area contributed by atoms with Crippen LogP contribution in [0.2, 0.25) is 5.02 Å². The van der Waals surface area contributed by atoms with Gasteiger partial charge in [-0.25, -0.2) is 0 Å². The lowest BCUT2D eigenvalue weighted by atomic mass is 9.97. The van der Waals surface area contributed by atoms with E-state index in [1.807, 2.05) is 0 Å². The van der Waals surface area contributed by atoms with E-state index >= 15 is 0 Å². The minimum absolute atomic E-state index is 0.0177. The standard InChI is InChI=1S/C17H18ClN3O3/c18-13-5-3-11(4-6-13)17(23)21-7-12(9-22)14(8-21)16-19-15(20-24-16)10-1-2-10/h3-6,10,12,14,22H,1-2,7-9H2/t12-,14+/m0/s1. The molecule has 0 spiro atoms. The van der Waals surface area contributed by atoms with Crippen LogP contribution >= 0.6 is 11.6 Å². The second-order valence-corrected chi connectivity index (χ2v) is 6.97. The number of rotatable bonds is 4. The number of likely N-dealkylation sites (tertiary alicyclic amines) is 1. The van der Waals surface area contributed by atoms with Crippen molar-refractivity contribution >= 4 is 17.5 Å². The fraction of sp³-hybridized carbons (Fsp3) is 0.471. The molecular formula is C17H18ClN3O3. The number of halogens is 1. The Balaban J connectivity index is 1.52. The molecule has 1 aromatic heterocycles. The van der Waals surface area contributed by atoms with Crippen molar-refractivity contribution in [1.29, 1.82) is 0 Å². The van der Waals surface area contributed by atoms with Gasteiger partial charge in [-0.15, -0.1) is 0 Å². The first kappa shape index (κ1) is 15.6. The van der Waals surface area contributed by atoms with E-state index < -0.39 is 0 Å². The molecule has 1 aliphatic carbocycles. The summed E-state index contributed by atoms with van der Waals surface area (Å²) in [7, 11) is 0. The molecule has 0 radical (unpaired) electrons. The summed E-state index contributed by atoms with van der Waals surface area (Å²) in [6.07, 6.45) is 2.21. The number of benzene rings is 1. The molecule has 0 unspecified atom stereocenters. The molecule has 126 valence electrons. The van der Waals surface area contributed by atoms with Crippen LogP contribution in [0.3, 0.4) is 0 Å². The average molecular weight is 348 g/mol. The number of aromatic nitrogens is 2. The summed E-state index contributed by atoms with van der Waals surface area (Å²) in [6, 6.07) is 6.82. The predicted molar refractivity (Wildman–Crippen MR) is 86.9 cm³/mol. The molecule has 4 rings (SSSR count). The maximum atomic E-state index is 12.7. The van der Waals surface area contributed by atoms with E-state index in [1.54, 1.807) is 29.2 Å². The minimum Gasteiger partial charge on any atom is -0.396 e. The maximum Gasteiger partial charge on any atom is 0.253 e. The molecule has 1 N–H and O–H groups in total. The van der Waals surface area contributed by atoms with Crippen LogP contribution in [0.4, 0.5) is 0 Å². The molecule has 0 bridgehead atoms. The monoisotopic (exact) mass is 347 g/mol. The Labute approximate surface area is 144 Å². The lowest BCUT2D eigenvalue weighted by molar-refractivity contribution is 0.0781. The van der Waals surface area contributed by atoms with Crippen LogP contribution in [0.15, 0.2) is 28.8 Å².